The highest BCUT2D eigenvalue weighted by Gasteiger charge is 2.16. The summed E-state index contributed by atoms with van der Waals surface area (Å²) in [5, 5.41) is 6.53. The van der Waals surface area contributed by atoms with Crippen molar-refractivity contribution < 1.29 is 0 Å². The molecule has 5 heteroatoms. The molecule has 0 fully saturated rings. The quantitative estimate of drug-likeness (QED) is 0.859. The van der Waals surface area contributed by atoms with Gasteiger partial charge in [0.05, 0.1) is 15.3 Å². The minimum absolute atomic E-state index is 0.215. The van der Waals surface area contributed by atoms with Gasteiger partial charge in [0.25, 0.3) is 0 Å². The van der Waals surface area contributed by atoms with Crippen LogP contribution in [0.15, 0.2) is 17.5 Å². The Morgan fingerprint density at radius 3 is 2.80 bits per heavy atom. The third kappa shape index (κ3) is 1.90. The van der Waals surface area contributed by atoms with E-state index >= 15 is 0 Å². The van der Waals surface area contributed by atoms with Crippen LogP contribution in [-0.4, -0.2) is 9.78 Å². The number of aryl methyl sites for hydroxylation is 1. The number of rotatable bonds is 2. The first-order valence-corrected chi connectivity index (χ1v) is 6.60. The summed E-state index contributed by atoms with van der Waals surface area (Å²) >= 11 is 3.97. The Kier molecular flexibility index (Phi) is 3.01. The Balaban J connectivity index is 2.42. The van der Waals surface area contributed by atoms with Gasteiger partial charge < -0.3 is 5.73 Å². The second-order valence-electron chi connectivity index (χ2n) is 3.42. The van der Waals surface area contributed by atoms with Crippen LogP contribution in [-0.2, 0) is 0 Å². The smallest absolute Gasteiger partial charge is 0.136 e. The van der Waals surface area contributed by atoms with E-state index in [2.05, 4.69) is 46.1 Å². The van der Waals surface area contributed by atoms with Crippen molar-refractivity contribution in [1.82, 2.24) is 9.78 Å². The van der Waals surface area contributed by atoms with E-state index in [0.29, 0.717) is 0 Å². The Morgan fingerprint density at radius 2 is 2.33 bits per heavy atom. The van der Waals surface area contributed by atoms with Crippen molar-refractivity contribution in [3.63, 3.8) is 0 Å². The van der Waals surface area contributed by atoms with Crippen molar-refractivity contribution in [2.24, 2.45) is 0 Å². The maximum Gasteiger partial charge on any atom is 0.136 e. The number of nitrogens with two attached hydrogens (primary N) is 1. The molecule has 2 aromatic rings. The van der Waals surface area contributed by atoms with Crippen molar-refractivity contribution >= 4 is 39.7 Å². The average Bonchev–Trinajstić information content (AvgIpc) is 2.82. The average molecular weight is 333 g/mol. The highest BCUT2D eigenvalue weighted by Crippen LogP contribution is 2.27. The minimum atomic E-state index is 0.215. The molecule has 3 nitrogen and oxygen atoms in total. The minimum Gasteiger partial charge on any atom is -0.383 e. The SMILES string of the molecule is Cc1nn(C(C)c2cccs2)c(N)c1I. The molecule has 0 amide bonds. The topological polar surface area (TPSA) is 43.8 Å². The molecule has 1 atom stereocenters. The van der Waals surface area contributed by atoms with Crippen LogP contribution >= 0.6 is 33.9 Å². The highest BCUT2D eigenvalue weighted by atomic mass is 127. The number of nitrogen functional groups attached to an aromatic ring is 1. The summed E-state index contributed by atoms with van der Waals surface area (Å²) < 4.78 is 2.94. The fraction of sp³-hybridized carbons (Fsp3) is 0.300. The van der Waals surface area contributed by atoms with Gasteiger partial charge in [0.15, 0.2) is 0 Å². The van der Waals surface area contributed by atoms with Gasteiger partial charge in [-0.3, -0.25) is 0 Å². The van der Waals surface area contributed by atoms with Crippen LogP contribution in [0.5, 0.6) is 0 Å². The van der Waals surface area contributed by atoms with E-state index < -0.39 is 0 Å². The first-order valence-electron chi connectivity index (χ1n) is 4.64. The first-order chi connectivity index (χ1) is 7.11. The Morgan fingerprint density at radius 1 is 1.60 bits per heavy atom. The molecular formula is C10H12IN3S. The van der Waals surface area contributed by atoms with Crippen molar-refractivity contribution in [1.29, 1.82) is 0 Å². The molecule has 0 bridgehead atoms. The van der Waals surface area contributed by atoms with Gasteiger partial charge in [-0.05, 0) is 47.9 Å². The summed E-state index contributed by atoms with van der Waals surface area (Å²) in [4.78, 5) is 1.28. The predicted molar refractivity (Wildman–Crippen MR) is 72.2 cm³/mol. The van der Waals surface area contributed by atoms with Crippen LogP contribution in [0.3, 0.4) is 0 Å². The maximum atomic E-state index is 6.01. The van der Waals surface area contributed by atoms with E-state index in [1.165, 1.54) is 4.88 Å². The number of hydrogen-bond donors (Lipinski definition) is 1. The molecule has 2 heterocycles. The summed E-state index contributed by atoms with van der Waals surface area (Å²) in [5.74, 6) is 0.758. The van der Waals surface area contributed by atoms with E-state index in [4.69, 9.17) is 5.73 Å². The van der Waals surface area contributed by atoms with Gasteiger partial charge in [-0.15, -0.1) is 11.3 Å². The molecule has 0 aromatic carbocycles. The first kappa shape index (κ1) is 10.9. The van der Waals surface area contributed by atoms with Crippen molar-refractivity contribution in [2.45, 2.75) is 19.9 Å². The maximum absolute atomic E-state index is 6.01. The Hall–Kier alpha value is -0.560. The number of nitrogens with zero attached hydrogens (tertiary/aromatic N) is 2. The number of hydrogen-bond acceptors (Lipinski definition) is 3. The van der Waals surface area contributed by atoms with Crippen LogP contribution in [0.25, 0.3) is 0 Å². The molecule has 2 aromatic heterocycles. The number of aromatic nitrogens is 2. The summed E-state index contributed by atoms with van der Waals surface area (Å²) in [6.07, 6.45) is 0. The van der Waals surface area contributed by atoms with Gasteiger partial charge in [0.1, 0.15) is 5.82 Å². The lowest BCUT2D eigenvalue weighted by Gasteiger charge is -2.11. The van der Waals surface area contributed by atoms with Gasteiger partial charge in [-0.25, -0.2) is 4.68 Å². The Labute approximate surface area is 106 Å². The van der Waals surface area contributed by atoms with Crippen LogP contribution in [0.2, 0.25) is 0 Å². The zero-order valence-electron chi connectivity index (χ0n) is 8.57. The molecule has 0 aliphatic carbocycles. The van der Waals surface area contributed by atoms with Gasteiger partial charge in [-0.2, -0.15) is 5.10 Å². The lowest BCUT2D eigenvalue weighted by molar-refractivity contribution is 0.577. The molecular weight excluding hydrogens is 321 g/mol. The van der Waals surface area contributed by atoms with Gasteiger partial charge in [0, 0.05) is 4.88 Å². The lowest BCUT2D eigenvalue weighted by atomic mass is 10.3. The largest absolute Gasteiger partial charge is 0.383 e. The number of halogens is 1. The summed E-state index contributed by atoms with van der Waals surface area (Å²) in [6, 6.07) is 4.37. The molecule has 0 saturated heterocycles. The summed E-state index contributed by atoms with van der Waals surface area (Å²) in [7, 11) is 0. The number of anilines is 1. The molecule has 0 spiro atoms. The van der Waals surface area contributed by atoms with E-state index in [0.717, 1.165) is 15.1 Å². The molecule has 0 radical (unpaired) electrons. The van der Waals surface area contributed by atoms with Crippen LogP contribution < -0.4 is 5.73 Å². The summed E-state index contributed by atoms with van der Waals surface area (Å²) in [6.45, 7) is 4.10. The van der Waals surface area contributed by atoms with Crippen LogP contribution in [0.4, 0.5) is 5.82 Å². The Bertz CT molecular complexity index is 461. The molecule has 80 valence electrons. The molecule has 2 N–H and O–H groups in total. The lowest BCUT2D eigenvalue weighted by Crippen LogP contribution is -2.10. The van der Waals surface area contributed by atoms with Crippen LogP contribution in [0.1, 0.15) is 23.5 Å². The molecule has 1 unspecified atom stereocenters. The normalized spacial score (nSPS) is 13.0. The fourth-order valence-electron chi connectivity index (χ4n) is 1.49. The van der Waals surface area contributed by atoms with E-state index in [-0.39, 0.29) is 6.04 Å². The molecule has 0 aliphatic rings. The molecule has 0 saturated carbocycles. The fourth-order valence-corrected chi connectivity index (χ4v) is 2.61. The monoisotopic (exact) mass is 333 g/mol. The van der Waals surface area contributed by atoms with E-state index in [1.807, 2.05) is 17.7 Å². The number of thiophene rings is 1. The van der Waals surface area contributed by atoms with E-state index in [1.54, 1.807) is 11.3 Å². The second kappa shape index (κ2) is 4.13. The molecule has 0 aliphatic heterocycles. The van der Waals surface area contributed by atoms with Gasteiger partial charge in [0.2, 0.25) is 0 Å². The van der Waals surface area contributed by atoms with Gasteiger partial charge >= 0.3 is 0 Å². The highest BCUT2D eigenvalue weighted by molar-refractivity contribution is 14.1. The van der Waals surface area contributed by atoms with Gasteiger partial charge in [-0.1, -0.05) is 6.07 Å². The third-order valence-corrected chi connectivity index (χ3v) is 4.74. The third-order valence-electron chi connectivity index (χ3n) is 2.37. The van der Waals surface area contributed by atoms with Crippen molar-refractivity contribution in [2.75, 3.05) is 5.73 Å². The van der Waals surface area contributed by atoms with Crippen LogP contribution in [0, 0.1) is 10.5 Å². The second-order valence-corrected chi connectivity index (χ2v) is 5.48. The predicted octanol–water partition coefficient (Wildman–Crippen LogP) is 3.05. The molecule has 15 heavy (non-hydrogen) atoms. The molecule has 2 rings (SSSR count). The van der Waals surface area contributed by atoms with Crippen molar-refractivity contribution in [3.05, 3.63) is 31.7 Å². The standard InChI is InChI=1S/C10H12IN3S/c1-6-9(11)10(12)14(13-6)7(2)8-4-3-5-15-8/h3-5,7H,12H2,1-2H3. The summed E-state index contributed by atoms with van der Waals surface area (Å²) in [5.41, 5.74) is 7.00. The van der Waals surface area contributed by atoms with Crippen molar-refractivity contribution in [3.8, 4) is 0 Å². The zero-order valence-corrected chi connectivity index (χ0v) is 11.5. The van der Waals surface area contributed by atoms with E-state index in [9.17, 15) is 0 Å². The zero-order chi connectivity index (χ0) is 11.0.